The average molecular weight is 435 g/mol. The Hall–Kier alpha value is -3.80. The van der Waals surface area contributed by atoms with Crippen molar-refractivity contribution in [3.05, 3.63) is 96.2 Å². The minimum atomic E-state index is -0.812. The average Bonchev–Trinajstić information content (AvgIpc) is 2.77. The van der Waals surface area contributed by atoms with Crippen molar-refractivity contribution in [1.29, 1.82) is 0 Å². The van der Waals surface area contributed by atoms with E-state index in [0.29, 0.717) is 43.1 Å². The van der Waals surface area contributed by atoms with E-state index in [1.165, 1.54) is 0 Å². The molecule has 1 amide bonds. The maximum Gasteiger partial charge on any atom is 0.303 e. The molecule has 0 unspecified atom stereocenters. The van der Waals surface area contributed by atoms with Gasteiger partial charge in [0.25, 0.3) is 5.91 Å². The molecular formula is C26H30N2O4. The van der Waals surface area contributed by atoms with E-state index < -0.39 is 5.97 Å². The molecule has 2 rings (SSSR count). The SMILES string of the molecule is C=CC/C=C(\NCC=C)C(=O)NCc1cccc(Oc2ccc(CCC(=O)O)c(C)c2)c1. The maximum absolute atomic E-state index is 12.5. The predicted octanol–water partition coefficient (Wildman–Crippen LogP) is 4.66. The summed E-state index contributed by atoms with van der Waals surface area (Å²) in [5, 5.41) is 14.8. The molecule has 2 aromatic carbocycles. The van der Waals surface area contributed by atoms with Crippen molar-refractivity contribution in [2.24, 2.45) is 0 Å². The number of amides is 1. The smallest absolute Gasteiger partial charge is 0.303 e. The zero-order valence-corrected chi connectivity index (χ0v) is 18.4. The molecule has 6 nitrogen and oxygen atoms in total. The van der Waals surface area contributed by atoms with Crippen molar-refractivity contribution >= 4 is 11.9 Å². The van der Waals surface area contributed by atoms with Crippen LogP contribution in [0.15, 0.2) is 79.5 Å². The predicted molar refractivity (Wildman–Crippen MR) is 127 cm³/mol. The number of allylic oxidation sites excluding steroid dienone is 2. The lowest BCUT2D eigenvalue weighted by Gasteiger charge is -2.12. The first kappa shape index (κ1) is 24.5. The summed E-state index contributed by atoms with van der Waals surface area (Å²) >= 11 is 0. The van der Waals surface area contributed by atoms with E-state index in [0.717, 1.165) is 16.7 Å². The highest BCUT2D eigenvalue weighted by Crippen LogP contribution is 2.25. The first-order valence-electron chi connectivity index (χ1n) is 10.4. The fourth-order valence-corrected chi connectivity index (χ4v) is 3.01. The quantitative estimate of drug-likeness (QED) is 0.315. The molecule has 0 aromatic heterocycles. The fraction of sp³-hybridized carbons (Fsp3) is 0.231. The number of aliphatic carboxylic acids is 1. The minimum Gasteiger partial charge on any atom is -0.481 e. The van der Waals surface area contributed by atoms with E-state index in [4.69, 9.17) is 9.84 Å². The molecule has 0 atom stereocenters. The van der Waals surface area contributed by atoms with Crippen molar-refractivity contribution in [3.8, 4) is 11.5 Å². The number of nitrogens with one attached hydrogen (secondary N) is 2. The fourth-order valence-electron chi connectivity index (χ4n) is 3.01. The van der Waals surface area contributed by atoms with Crippen LogP contribution in [0.25, 0.3) is 0 Å². The summed E-state index contributed by atoms with van der Waals surface area (Å²) in [5.41, 5.74) is 3.35. The summed E-state index contributed by atoms with van der Waals surface area (Å²) in [6, 6.07) is 13.1. The van der Waals surface area contributed by atoms with E-state index in [1.807, 2.05) is 49.4 Å². The Morgan fingerprint density at radius 3 is 2.53 bits per heavy atom. The standard InChI is InChI=1S/C26H30N2O4/c1-4-6-10-24(27-15-5-2)26(31)28-18-20-8-7-9-22(17-20)32-23-13-11-21(19(3)16-23)12-14-25(29)30/h4-5,7-11,13,16-17,27H,1-2,6,12,14-15,18H2,3H3,(H,28,31)(H,29,30)/b24-10-. The van der Waals surface area contributed by atoms with Gasteiger partial charge in [-0.2, -0.15) is 0 Å². The summed E-state index contributed by atoms with van der Waals surface area (Å²) < 4.78 is 5.97. The number of ether oxygens (including phenoxy) is 1. The van der Waals surface area contributed by atoms with Crippen molar-refractivity contribution in [1.82, 2.24) is 10.6 Å². The van der Waals surface area contributed by atoms with E-state index in [1.54, 1.807) is 18.2 Å². The third-order valence-electron chi connectivity index (χ3n) is 4.68. The summed E-state index contributed by atoms with van der Waals surface area (Å²) in [6.07, 6.45) is 6.38. The highest BCUT2D eigenvalue weighted by molar-refractivity contribution is 5.92. The molecule has 0 spiro atoms. The summed E-state index contributed by atoms with van der Waals surface area (Å²) in [4.78, 5) is 23.3. The van der Waals surface area contributed by atoms with Crippen LogP contribution >= 0.6 is 0 Å². The molecule has 168 valence electrons. The van der Waals surface area contributed by atoms with E-state index in [2.05, 4.69) is 23.8 Å². The number of rotatable bonds is 13. The Morgan fingerprint density at radius 1 is 1.06 bits per heavy atom. The molecule has 0 bridgehead atoms. The molecule has 0 saturated heterocycles. The number of hydrogen-bond donors (Lipinski definition) is 3. The lowest BCUT2D eigenvalue weighted by atomic mass is 10.0. The molecule has 0 aliphatic rings. The van der Waals surface area contributed by atoms with Crippen LogP contribution in [0.4, 0.5) is 0 Å². The highest BCUT2D eigenvalue weighted by Gasteiger charge is 2.09. The molecule has 0 heterocycles. The summed E-state index contributed by atoms with van der Waals surface area (Å²) in [7, 11) is 0. The molecule has 32 heavy (non-hydrogen) atoms. The number of carbonyl (C=O) groups is 2. The Bertz CT molecular complexity index is 995. The third-order valence-corrected chi connectivity index (χ3v) is 4.68. The number of hydrogen-bond acceptors (Lipinski definition) is 4. The Morgan fingerprint density at radius 2 is 1.84 bits per heavy atom. The summed E-state index contributed by atoms with van der Waals surface area (Å²) in [6.45, 7) is 10.1. The van der Waals surface area contributed by atoms with Gasteiger partial charge >= 0.3 is 5.97 Å². The van der Waals surface area contributed by atoms with E-state index in [-0.39, 0.29) is 12.3 Å². The topological polar surface area (TPSA) is 87.7 Å². The second-order valence-electron chi connectivity index (χ2n) is 7.23. The van der Waals surface area contributed by atoms with Crippen LogP contribution in [0.3, 0.4) is 0 Å². The van der Waals surface area contributed by atoms with E-state index >= 15 is 0 Å². The molecule has 0 fully saturated rings. The monoisotopic (exact) mass is 434 g/mol. The number of benzene rings is 2. The molecular weight excluding hydrogens is 404 g/mol. The van der Waals surface area contributed by atoms with Crippen LogP contribution in [-0.4, -0.2) is 23.5 Å². The van der Waals surface area contributed by atoms with Crippen molar-refractivity contribution in [2.75, 3.05) is 6.54 Å². The Balaban J connectivity index is 2.00. The van der Waals surface area contributed by atoms with Gasteiger partial charge in [-0.3, -0.25) is 9.59 Å². The van der Waals surface area contributed by atoms with Crippen molar-refractivity contribution in [3.63, 3.8) is 0 Å². The van der Waals surface area contributed by atoms with Gasteiger partial charge in [-0.15, -0.1) is 13.2 Å². The van der Waals surface area contributed by atoms with E-state index in [9.17, 15) is 9.59 Å². The second kappa shape index (κ2) is 12.8. The van der Waals surface area contributed by atoms with Gasteiger partial charge in [0.2, 0.25) is 0 Å². The Kier molecular flexibility index (Phi) is 9.78. The first-order chi connectivity index (χ1) is 15.4. The lowest BCUT2D eigenvalue weighted by Crippen LogP contribution is -2.31. The van der Waals surface area contributed by atoms with Gasteiger partial charge < -0.3 is 20.5 Å². The van der Waals surface area contributed by atoms with Gasteiger partial charge in [-0.1, -0.05) is 36.4 Å². The van der Waals surface area contributed by atoms with Crippen LogP contribution in [0.1, 0.15) is 29.5 Å². The zero-order valence-electron chi connectivity index (χ0n) is 18.4. The molecule has 3 N–H and O–H groups in total. The van der Waals surface area contributed by atoms with Crippen molar-refractivity contribution < 1.29 is 19.4 Å². The summed E-state index contributed by atoms with van der Waals surface area (Å²) in [5.74, 6) is 0.314. The number of carboxylic acid groups (broad SMARTS) is 1. The number of aryl methyl sites for hydroxylation is 2. The van der Waals surface area contributed by atoms with Gasteiger partial charge in [0.05, 0.1) is 5.70 Å². The van der Waals surface area contributed by atoms with Gasteiger partial charge in [0.15, 0.2) is 0 Å². The molecule has 0 aliphatic heterocycles. The number of carboxylic acids is 1. The Labute approximate surface area is 189 Å². The minimum absolute atomic E-state index is 0.0996. The van der Waals surface area contributed by atoms with Gasteiger partial charge in [-0.05, 0) is 60.7 Å². The molecule has 0 saturated carbocycles. The molecule has 2 aromatic rings. The second-order valence-corrected chi connectivity index (χ2v) is 7.23. The number of carbonyl (C=O) groups excluding carboxylic acids is 1. The van der Waals surface area contributed by atoms with Crippen LogP contribution < -0.4 is 15.4 Å². The zero-order chi connectivity index (χ0) is 23.3. The largest absolute Gasteiger partial charge is 0.481 e. The van der Waals surface area contributed by atoms with Crippen LogP contribution in [0.2, 0.25) is 0 Å². The normalized spacial score (nSPS) is 10.8. The highest BCUT2D eigenvalue weighted by atomic mass is 16.5. The van der Waals surface area contributed by atoms with Crippen LogP contribution in [0, 0.1) is 6.92 Å². The molecule has 0 aliphatic carbocycles. The van der Waals surface area contributed by atoms with Gasteiger partial charge in [0, 0.05) is 19.5 Å². The van der Waals surface area contributed by atoms with Crippen molar-refractivity contribution in [2.45, 2.75) is 32.7 Å². The third kappa shape index (κ3) is 8.14. The van der Waals surface area contributed by atoms with Crippen LogP contribution in [0.5, 0.6) is 11.5 Å². The molecule has 6 heteroatoms. The van der Waals surface area contributed by atoms with Gasteiger partial charge in [-0.25, -0.2) is 0 Å². The lowest BCUT2D eigenvalue weighted by molar-refractivity contribution is -0.137. The van der Waals surface area contributed by atoms with Gasteiger partial charge in [0.1, 0.15) is 11.5 Å². The maximum atomic E-state index is 12.5. The first-order valence-corrected chi connectivity index (χ1v) is 10.4. The van der Waals surface area contributed by atoms with Crippen LogP contribution in [-0.2, 0) is 22.6 Å². The molecule has 0 radical (unpaired) electrons.